The molecule has 0 heterocycles. The summed E-state index contributed by atoms with van der Waals surface area (Å²) in [5.74, 6) is 0. The standard InChI is InChI=1S/C11H15ClN2O4S/c1-7-9(12)5-8(6-10(7)14(15)16)19(17,18)13-11(2,3)4/h5-6,13H,1-4H3. The van der Waals surface area contributed by atoms with Crippen LogP contribution in [0.1, 0.15) is 26.3 Å². The van der Waals surface area contributed by atoms with Crippen LogP contribution in [0.4, 0.5) is 5.69 Å². The van der Waals surface area contributed by atoms with E-state index in [2.05, 4.69) is 4.72 Å². The Morgan fingerprint density at radius 1 is 1.32 bits per heavy atom. The van der Waals surface area contributed by atoms with Gasteiger partial charge in [-0.1, -0.05) is 11.6 Å². The lowest BCUT2D eigenvalue weighted by Crippen LogP contribution is -2.40. The molecular weight excluding hydrogens is 292 g/mol. The number of rotatable bonds is 3. The number of nitro groups is 1. The lowest BCUT2D eigenvalue weighted by Gasteiger charge is -2.20. The van der Waals surface area contributed by atoms with Crippen LogP contribution in [0, 0.1) is 17.0 Å². The minimum Gasteiger partial charge on any atom is -0.258 e. The summed E-state index contributed by atoms with van der Waals surface area (Å²) in [4.78, 5) is 10.00. The monoisotopic (exact) mass is 306 g/mol. The normalized spacial score (nSPS) is 12.5. The number of nitro benzene ring substituents is 1. The number of nitrogens with zero attached hydrogens (tertiary/aromatic N) is 1. The Labute approximate surface area is 117 Å². The molecule has 0 atom stereocenters. The Bertz CT molecular complexity index is 620. The van der Waals surface area contributed by atoms with Gasteiger partial charge in [0, 0.05) is 17.2 Å². The van der Waals surface area contributed by atoms with Gasteiger partial charge in [0.1, 0.15) is 0 Å². The molecule has 106 valence electrons. The summed E-state index contributed by atoms with van der Waals surface area (Å²) in [6.45, 7) is 6.49. The van der Waals surface area contributed by atoms with E-state index in [1.54, 1.807) is 20.8 Å². The molecule has 0 aliphatic rings. The van der Waals surface area contributed by atoms with E-state index >= 15 is 0 Å². The van der Waals surface area contributed by atoms with Crippen molar-refractivity contribution in [2.75, 3.05) is 0 Å². The van der Waals surface area contributed by atoms with Crippen molar-refractivity contribution in [2.24, 2.45) is 0 Å². The SMILES string of the molecule is Cc1c(Cl)cc(S(=O)(=O)NC(C)(C)C)cc1[N+](=O)[O-]. The molecule has 1 rings (SSSR count). The summed E-state index contributed by atoms with van der Waals surface area (Å²) in [5, 5.41) is 10.9. The average Bonchev–Trinajstić information content (AvgIpc) is 2.17. The molecule has 0 unspecified atom stereocenters. The first-order valence-corrected chi connectivity index (χ1v) is 7.29. The molecule has 0 aliphatic heterocycles. The van der Waals surface area contributed by atoms with Gasteiger partial charge in [0.05, 0.1) is 14.8 Å². The number of sulfonamides is 1. The number of halogens is 1. The van der Waals surface area contributed by atoms with Crippen molar-refractivity contribution in [3.05, 3.63) is 32.8 Å². The van der Waals surface area contributed by atoms with Gasteiger partial charge in [-0.2, -0.15) is 0 Å². The Morgan fingerprint density at radius 2 is 1.84 bits per heavy atom. The van der Waals surface area contributed by atoms with Gasteiger partial charge in [0.25, 0.3) is 5.69 Å². The molecule has 0 saturated carbocycles. The van der Waals surface area contributed by atoms with Crippen LogP contribution in [0.5, 0.6) is 0 Å². The maximum Gasteiger partial charge on any atom is 0.275 e. The highest BCUT2D eigenvalue weighted by molar-refractivity contribution is 7.89. The molecule has 0 aliphatic carbocycles. The van der Waals surface area contributed by atoms with E-state index in [0.717, 1.165) is 6.07 Å². The zero-order chi connectivity index (χ0) is 15.0. The summed E-state index contributed by atoms with van der Waals surface area (Å²) >= 11 is 5.84. The third-order valence-electron chi connectivity index (χ3n) is 2.24. The van der Waals surface area contributed by atoms with Crippen LogP contribution in [0.3, 0.4) is 0 Å². The summed E-state index contributed by atoms with van der Waals surface area (Å²) in [6, 6.07) is 2.22. The van der Waals surface area contributed by atoms with Gasteiger partial charge in [-0.15, -0.1) is 0 Å². The molecule has 19 heavy (non-hydrogen) atoms. The second-order valence-corrected chi connectivity index (χ2v) is 7.25. The van der Waals surface area contributed by atoms with E-state index in [4.69, 9.17) is 11.6 Å². The van der Waals surface area contributed by atoms with Crippen molar-refractivity contribution in [3.8, 4) is 0 Å². The van der Waals surface area contributed by atoms with Gasteiger partial charge in [-0.3, -0.25) is 10.1 Å². The lowest BCUT2D eigenvalue weighted by atomic mass is 10.1. The molecule has 1 aromatic rings. The molecule has 0 aromatic heterocycles. The van der Waals surface area contributed by atoms with Gasteiger partial charge in [-0.05, 0) is 33.8 Å². The van der Waals surface area contributed by atoms with E-state index in [1.807, 2.05) is 0 Å². The minimum atomic E-state index is -3.85. The lowest BCUT2D eigenvalue weighted by molar-refractivity contribution is -0.385. The molecule has 0 amide bonds. The average molecular weight is 307 g/mol. The minimum absolute atomic E-state index is 0.0449. The third-order valence-corrected chi connectivity index (χ3v) is 4.37. The Kier molecular flexibility index (Phi) is 4.23. The van der Waals surface area contributed by atoms with Crippen LogP contribution in [-0.2, 0) is 10.0 Å². The van der Waals surface area contributed by atoms with Crippen molar-refractivity contribution in [3.63, 3.8) is 0 Å². The largest absolute Gasteiger partial charge is 0.275 e. The molecule has 0 bridgehead atoms. The first-order chi connectivity index (χ1) is 8.44. The van der Waals surface area contributed by atoms with Crippen LogP contribution in [0.25, 0.3) is 0 Å². The van der Waals surface area contributed by atoms with Gasteiger partial charge < -0.3 is 0 Å². The quantitative estimate of drug-likeness (QED) is 0.686. The van der Waals surface area contributed by atoms with Gasteiger partial charge in [0.15, 0.2) is 0 Å². The summed E-state index contributed by atoms with van der Waals surface area (Å²) in [5.41, 5.74) is -0.770. The molecule has 0 spiro atoms. The molecule has 8 heteroatoms. The Morgan fingerprint density at radius 3 is 2.26 bits per heavy atom. The Hall–Kier alpha value is -1.18. The molecular formula is C11H15ClN2O4S. The van der Waals surface area contributed by atoms with E-state index in [-0.39, 0.29) is 21.2 Å². The maximum atomic E-state index is 12.1. The summed E-state index contributed by atoms with van der Waals surface area (Å²) in [6.07, 6.45) is 0. The maximum absolute atomic E-state index is 12.1. The fraction of sp³-hybridized carbons (Fsp3) is 0.455. The van der Waals surface area contributed by atoms with Crippen LogP contribution in [-0.4, -0.2) is 18.9 Å². The van der Waals surface area contributed by atoms with E-state index < -0.39 is 20.5 Å². The number of hydrogen-bond acceptors (Lipinski definition) is 4. The third kappa shape index (κ3) is 3.89. The van der Waals surface area contributed by atoms with E-state index in [9.17, 15) is 18.5 Å². The smallest absolute Gasteiger partial charge is 0.258 e. The topological polar surface area (TPSA) is 89.3 Å². The summed E-state index contributed by atoms with van der Waals surface area (Å²) in [7, 11) is -3.85. The number of benzene rings is 1. The van der Waals surface area contributed by atoms with Gasteiger partial charge in [-0.25, -0.2) is 13.1 Å². The molecule has 0 fully saturated rings. The van der Waals surface area contributed by atoms with Crippen molar-refractivity contribution in [2.45, 2.75) is 38.1 Å². The Balaban J connectivity index is 3.41. The molecule has 0 saturated heterocycles. The van der Waals surface area contributed by atoms with Crippen LogP contribution >= 0.6 is 11.6 Å². The zero-order valence-corrected chi connectivity index (χ0v) is 12.6. The van der Waals surface area contributed by atoms with E-state index in [1.165, 1.54) is 13.0 Å². The first kappa shape index (κ1) is 15.9. The van der Waals surface area contributed by atoms with Crippen molar-refractivity contribution in [1.29, 1.82) is 0 Å². The summed E-state index contributed by atoms with van der Waals surface area (Å²) < 4.78 is 26.6. The second kappa shape index (κ2) is 5.07. The van der Waals surface area contributed by atoms with Crippen molar-refractivity contribution < 1.29 is 13.3 Å². The highest BCUT2D eigenvalue weighted by Crippen LogP contribution is 2.29. The number of nitrogens with one attached hydrogen (secondary N) is 1. The highest BCUT2D eigenvalue weighted by Gasteiger charge is 2.26. The van der Waals surface area contributed by atoms with Crippen molar-refractivity contribution in [1.82, 2.24) is 4.72 Å². The predicted molar refractivity (Wildman–Crippen MR) is 72.9 cm³/mol. The molecule has 6 nitrogen and oxygen atoms in total. The van der Waals surface area contributed by atoms with Gasteiger partial charge in [0.2, 0.25) is 10.0 Å². The van der Waals surface area contributed by atoms with Crippen LogP contribution in [0.15, 0.2) is 17.0 Å². The van der Waals surface area contributed by atoms with Crippen molar-refractivity contribution >= 4 is 27.3 Å². The molecule has 1 aromatic carbocycles. The fourth-order valence-corrected chi connectivity index (χ4v) is 3.19. The predicted octanol–water partition coefficient (Wildman–Crippen LogP) is 2.63. The fourth-order valence-electron chi connectivity index (χ4n) is 1.45. The van der Waals surface area contributed by atoms with E-state index in [0.29, 0.717) is 0 Å². The zero-order valence-electron chi connectivity index (χ0n) is 11.0. The second-order valence-electron chi connectivity index (χ2n) is 5.16. The molecule has 1 N–H and O–H groups in total. The highest BCUT2D eigenvalue weighted by atomic mass is 35.5. The molecule has 0 radical (unpaired) electrons. The number of hydrogen-bond donors (Lipinski definition) is 1. The van der Waals surface area contributed by atoms with Crippen LogP contribution < -0.4 is 4.72 Å². The van der Waals surface area contributed by atoms with Crippen LogP contribution in [0.2, 0.25) is 5.02 Å². The first-order valence-electron chi connectivity index (χ1n) is 5.42. The van der Waals surface area contributed by atoms with Gasteiger partial charge >= 0.3 is 0 Å².